The standard InChI is InChI=1S/C59H43N3Si/c1-63(2)54-30-10-9-28-53(54)56-52(29-15-31-55(56)63)49-25-12-24-48(37-49)47-23-11-20-44(36-47)42-32-34-43(35-33-42)57-60-58(50-26-13-21-45(38-50)40-16-5-3-6-17-40)62-59(61-57)51-27-14-22-46(39-51)41-18-7-4-8-19-41/h3-39H,1-2H3. The van der Waals surface area contributed by atoms with Crippen LogP contribution in [-0.4, -0.2) is 23.0 Å². The smallest absolute Gasteiger partial charge is 0.164 e. The topological polar surface area (TPSA) is 38.7 Å². The van der Waals surface area contributed by atoms with Gasteiger partial charge in [-0.2, -0.15) is 0 Å². The minimum Gasteiger partial charge on any atom is -0.208 e. The Labute approximate surface area is 370 Å². The lowest BCUT2D eigenvalue weighted by Crippen LogP contribution is -2.49. The average molecular weight is 822 g/mol. The molecule has 1 aromatic heterocycles. The van der Waals surface area contributed by atoms with Crippen molar-refractivity contribution < 1.29 is 0 Å². The van der Waals surface area contributed by atoms with Crippen LogP contribution in [0.4, 0.5) is 0 Å². The Morgan fingerprint density at radius 3 is 1.14 bits per heavy atom. The van der Waals surface area contributed by atoms with Crippen LogP contribution in [0.15, 0.2) is 224 Å². The van der Waals surface area contributed by atoms with Gasteiger partial charge in [0.25, 0.3) is 0 Å². The highest BCUT2D eigenvalue weighted by Gasteiger charge is 2.38. The summed E-state index contributed by atoms with van der Waals surface area (Å²) < 4.78 is 0. The summed E-state index contributed by atoms with van der Waals surface area (Å²) in [5.41, 5.74) is 17.3. The molecule has 4 heteroatoms. The van der Waals surface area contributed by atoms with Gasteiger partial charge in [-0.05, 0) is 101 Å². The molecule has 63 heavy (non-hydrogen) atoms. The molecule has 1 aliphatic rings. The molecule has 0 unspecified atom stereocenters. The summed E-state index contributed by atoms with van der Waals surface area (Å²) in [5, 5.41) is 3.05. The largest absolute Gasteiger partial charge is 0.208 e. The zero-order valence-corrected chi connectivity index (χ0v) is 36.2. The van der Waals surface area contributed by atoms with Crippen molar-refractivity contribution in [3.8, 4) is 101 Å². The molecular weight excluding hydrogens is 779 g/mol. The Bertz CT molecular complexity index is 3200. The quantitative estimate of drug-likeness (QED) is 0.143. The van der Waals surface area contributed by atoms with Crippen molar-refractivity contribution in [3.63, 3.8) is 0 Å². The molecule has 0 N–H and O–H groups in total. The first-order valence-corrected chi connectivity index (χ1v) is 24.6. The lowest BCUT2D eigenvalue weighted by Gasteiger charge is -2.19. The second-order valence-electron chi connectivity index (χ2n) is 16.8. The van der Waals surface area contributed by atoms with E-state index in [0.29, 0.717) is 17.5 Å². The van der Waals surface area contributed by atoms with Gasteiger partial charge in [-0.1, -0.05) is 213 Å². The average Bonchev–Trinajstić information content (AvgIpc) is 3.60. The Balaban J connectivity index is 0.940. The van der Waals surface area contributed by atoms with Gasteiger partial charge in [0.1, 0.15) is 8.07 Å². The van der Waals surface area contributed by atoms with Crippen LogP contribution in [0.3, 0.4) is 0 Å². The number of hydrogen-bond acceptors (Lipinski definition) is 3. The molecule has 0 spiro atoms. The summed E-state index contributed by atoms with van der Waals surface area (Å²) >= 11 is 0. The van der Waals surface area contributed by atoms with Gasteiger partial charge in [0, 0.05) is 16.7 Å². The number of hydrogen-bond donors (Lipinski definition) is 0. The molecule has 0 saturated carbocycles. The predicted molar refractivity (Wildman–Crippen MR) is 266 cm³/mol. The van der Waals surface area contributed by atoms with Gasteiger partial charge in [-0.25, -0.2) is 15.0 Å². The fourth-order valence-corrected chi connectivity index (χ4v) is 12.3. The van der Waals surface area contributed by atoms with E-state index in [0.717, 1.165) is 50.1 Å². The summed E-state index contributed by atoms with van der Waals surface area (Å²) in [6.45, 7) is 4.96. The minimum absolute atomic E-state index is 0.628. The maximum absolute atomic E-state index is 5.13. The van der Waals surface area contributed by atoms with E-state index < -0.39 is 8.07 Å². The fourth-order valence-electron chi connectivity index (χ4n) is 9.25. The Kier molecular flexibility index (Phi) is 9.64. The zero-order chi connectivity index (χ0) is 42.3. The van der Waals surface area contributed by atoms with Gasteiger partial charge in [0.2, 0.25) is 0 Å². The van der Waals surface area contributed by atoms with E-state index in [1.807, 2.05) is 12.1 Å². The van der Waals surface area contributed by atoms with E-state index in [4.69, 9.17) is 15.0 Å². The fraction of sp³-hybridized carbons (Fsp3) is 0.0339. The van der Waals surface area contributed by atoms with E-state index in [2.05, 4.69) is 225 Å². The summed E-state index contributed by atoms with van der Waals surface area (Å²) in [4.78, 5) is 15.4. The first-order chi connectivity index (χ1) is 31.0. The van der Waals surface area contributed by atoms with Gasteiger partial charge in [-0.15, -0.1) is 0 Å². The molecule has 11 rings (SSSR count). The summed E-state index contributed by atoms with van der Waals surface area (Å²) in [6.07, 6.45) is 0. The summed E-state index contributed by atoms with van der Waals surface area (Å²) in [7, 11) is -1.77. The molecule has 10 aromatic rings. The third-order valence-electron chi connectivity index (χ3n) is 12.5. The van der Waals surface area contributed by atoms with Crippen LogP contribution >= 0.6 is 0 Å². The molecule has 9 aromatic carbocycles. The molecule has 0 aliphatic carbocycles. The monoisotopic (exact) mass is 821 g/mol. The second kappa shape index (κ2) is 15.9. The molecule has 3 nitrogen and oxygen atoms in total. The summed E-state index contributed by atoms with van der Waals surface area (Å²) in [6, 6.07) is 80.2. The molecule has 0 radical (unpaired) electrons. The molecule has 0 fully saturated rings. The van der Waals surface area contributed by atoms with Crippen LogP contribution in [0, 0.1) is 0 Å². The second-order valence-corrected chi connectivity index (χ2v) is 21.2. The van der Waals surface area contributed by atoms with E-state index in [9.17, 15) is 0 Å². The zero-order valence-electron chi connectivity index (χ0n) is 35.2. The van der Waals surface area contributed by atoms with Crippen LogP contribution < -0.4 is 10.4 Å². The predicted octanol–water partition coefficient (Wildman–Crippen LogP) is 14.0. The maximum Gasteiger partial charge on any atom is 0.164 e. The van der Waals surface area contributed by atoms with Gasteiger partial charge >= 0.3 is 0 Å². The van der Waals surface area contributed by atoms with Crippen molar-refractivity contribution in [1.29, 1.82) is 0 Å². The van der Waals surface area contributed by atoms with E-state index >= 15 is 0 Å². The van der Waals surface area contributed by atoms with E-state index in [-0.39, 0.29) is 0 Å². The number of rotatable bonds is 8. The number of benzene rings is 9. The highest BCUT2D eigenvalue weighted by atomic mass is 28.3. The van der Waals surface area contributed by atoms with Crippen molar-refractivity contribution in [2.45, 2.75) is 13.1 Å². The Hall–Kier alpha value is -7.79. The van der Waals surface area contributed by atoms with Gasteiger partial charge in [-0.3, -0.25) is 0 Å². The minimum atomic E-state index is -1.77. The van der Waals surface area contributed by atoms with Crippen molar-refractivity contribution in [2.75, 3.05) is 0 Å². The number of nitrogens with zero attached hydrogens (tertiary/aromatic N) is 3. The van der Waals surface area contributed by atoms with E-state index in [1.54, 1.807) is 0 Å². The van der Waals surface area contributed by atoms with Crippen molar-refractivity contribution >= 4 is 18.4 Å². The van der Waals surface area contributed by atoms with Crippen molar-refractivity contribution in [1.82, 2.24) is 15.0 Å². The Morgan fingerprint density at radius 1 is 0.254 bits per heavy atom. The first-order valence-electron chi connectivity index (χ1n) is 21.6. The van der Waals surface area contributed by atoms with Gasteiger partial charge in [0.05, 0.1) is 0 Å². The molecular formula is C59H43N3Si. The maximum atomic E-state index is 5.13. The molecule has 0 bridgehead atoms. The van der Waals surface area contributed by atoms with Gasteiger partial charge in [0.15, 0.2) is 17.5 Å². The lowest BCUT2D eigenvalue weighted by atomic mass is 9.92. The van der Waals surface area contributed by atoms with Crippen LogP contribution in [-0.2, 0) is 0 Å². The SMILES string of the molecule is C[Si]1(C)c2ccccc2-c2c(-c3cccc(-c4cccc(-c5ccc(-c6nc(-c7cccc(-c8ccccc8)c7)nc(-c7cccc(-c8ccccc8)c7)n6)cc5)c4)c3)cccc21. The highest BCUT2D eigenvalue weighted by molar-refractivity contribution is 7.04. The van der Waals surface area contributed by atoms with Crippen LogP contribution in [0.5, 0.6) is 0 Å². The third-order valence-corrected chi connectivity index (χ3v) is 16.1. The van der Waals surface area contributed by atoms with Crippen molar-refractivity contribution in [3.05, 3.63) is 224 Å². The first kappa shape index (κ1) is 38.2. The van der Waals surface area contributed by atoms with Crippen molar-refractivity contribution in [2.24, 2.45) is 0 Å². The molecule has 0 amide bonds. The van der Waals surface area contributed by atoms with Gasteiger partial charge < -0.3 is 0 Å². The molecule has 1 aliphatic heterocycles. The molecule has 298 valence electrons. The number of aromatic nitrogens is 3. The molecule has 2 heterocycles. The van der Waals surface area contributed by atoms with Crippen LogP contribution in [0.2, 0.25) is 13.1 Å². The van der Waals surface area contributed by atoms with Crippen LogP contribution in [0.25, 0.3) is 101 Å². The normalized spacial score (nSPS) is 12.4. The van der Waals surface area contributed by atoms with Crippen LogP contribution in [0.1, 0.15) is 0 Å². The summed E-state index contributed by atoms with van der Waals surface area (Å²) in [5.74, 6) is 1.89. The molecule has 0 saturated heterocycles. The third kappa shape index (κ3) is 7.20. The molecule has 0 atom stereocenters. The lowest BCUT2D eigenvalue weighted by molar-refractivity contribution is 1.07. The number of fused-ring (bicyclic) bond motifs is 3. The Morgan fingerprint density at radius 2 is 0.587 bits per heavy atom. The van der Waals surface area contributed by atoms with E-state index in [1.165, 1.54) is 43.8 Å². The highest BCUT2D eigenvalue weighted by Crippen LogP contribution is 2.38.